The molecule has 1 aliphatic carbocycles. The first-order chi connectivity index (χ1) is 9.24. The number of hydrogen-bond acceptors (Lipinski definition) is 3. The van der Waals surface area contributed by atoms with Gasteiger partial charge in [0.05, 0.1) is 11.7 Å². The van der Waals surface area contributed by atoms with E-state index in [1.165, 1.54) is 31.2 Å². The van der Waals surface area contributed by atoms with Crippen molar-refractivity contribution in [2.75, 3.05) is 5.32 Å². The van der Waals surface area contributed by atoms with Crippen molar-refractivity contribution in [2.24, 2.45) is 0 Å². The molecule has 0 aliphatic heterocycles. The van der Waals surface area contributed by atoms with Gasteiger partial charge in [0.2, 0.25) is 5.95 Å². The van der Waals surface area contributed by atoms with Crippen LogP contribution in [-0.2, 0) is 0 Å². The topological polar surface area (TPSA) is 29.9 Å². The third-order valence-electron chi connectivity index (χ3n) is 3.98. The Kier molecular flexibility index (Phi) is 3.60. The van der Waals surface area contributed by atoms with Crippen molar-refractivity contribution >= 4 is 17.3 Å². The summed E-state index contributed by atoms with van der Waals surface area (Å²) < 4.78 is 2.27. The standard InChI is InChI=1S/C15H21N3S/c1-11-9-18(12(2)13-7-8-19-10-13)15(16-11)17-14-5-3-4-6-14/h7-10,12,14H,3-6H2,1-2H3,(H,16,17). The average molecular weight is 275 g/mol. The highest BCUT2D eigenvalue weighted by molar-refractivity contribution is 7.07. The molecule has 1 unspecified atom stereocenters. The number of rotatable bonds is 4. The minimum atomic E-state index is 0.344. The Morgan fingerprint density at radius 3 is 2.89 bits per heavy atom. The first-order valence-corrected chi connectivity index (χ1v) is 8.02. The Labute approximate surface area is 118 Å². The fraction of sp³-hybridized carbons (Fsp3) is 0.533. The summed E-state index contributed by atoms with van der Waals surface area (Å²) in [4.78, 5) is 4.66. The van der Waals surface area contributed by atoms with Crippen molar-refractivity contribution in [1.29, 1.82) is 0 Å². The zero-order valence-electron chi connectivity index (χ0n) is 11.6. The molecule has 0 spiro atoms. The molecule has 1 saturated carbocycles. The first kappa shape index (κ1) is 12.7. The number of nitrogens with one attached hydrogen (secondary N) is 1. The molecule has 1 aliphatic rings. The summed E-state index contributed by atoms with van der Waals surface area (Å²) in [7, 11) is 0. The van der Waals surface area contributed by atoms with Gasteiger partial charge < -0.3 is 9.88 Å². The number of hydrogen-bond donors (Lipinski definition) is 1. The summed E-state index contributed by atoms with van der Waals surface area (Å²) in [6.45, 7) is 4.31. The van der Waals surface area contributed by atoms with Gasteiger partial charge in [-0.25, -0.2) is 4.98 Å². The van der Waals surface area contributed by atoms with Gasteiger partial charge in [-0.1, -0.05) is 12.8 Å². The highest BCUT2D eigenvalue weighted by Gasteiger charge is 2.19. The van der Waals surface area contributed by atoms with E-state index in [0.29, 0.717) is 12.1 Å². The Morgan fingerprint density at radius 1 is 1.42 bits per heavy atom. The van der Waals surface area contributed by atoms with Crippen LogP contribution in [0.2, 0.25) is 0 Å². The molecule has 4 heteroatoms. The quantitative estimate of drug-likeness (QED) is 0.905. The largest absolute Gasteiger partial charge is 0.353 e. The maximum Gasteiger partial charge on any atom is 0.203 e. The van der Waals surface area contributed by atoms with E-state index in [1.54, 1.807) is 11.3 Å². The Morgan fingerprint density at radius 2 is 2.21 bits per heavy atom. The third-order valence-corrected chi connectivity index (χ3v) is 4.69. The van der Waals surface area contributed by atoms with E-state index in [1.807, 2.05) is 0 Å². The fourth-order valence-corrected chi connectivity index (χ4v) is 3.59. The van der Waals surface area contributed by atoms with Crippen LogP contribution in [-0.4, -0.2) is 15.6 Å². The summed E-state index contributed by atoms with van der Waals surface area (Å²) in [5.74, 6) is 1.03. The van der Waals surface area contributed by atoms with Crippen LogP contribution >= 0.6 is 11.3 Å². The Balaban J connectivity index is 1.84. The molecule has 3 nitrogen and oxygen atoms in total. The molecule has 2 aromatic heterocycles. The maximum atomic E-state index is 4.66. The van der Waals surface area contributed by atoms with E-state index in [2.05, 4.69) is 51.7 Å². The molecule has 0 bridgehead atoms. The average Bonchev–Trinajstić information content (AvgIpc) is 3.10. The monoisotopic (exact) mass is 275 g/mol. The van der Waals surface area contributed by atoms with Crippen LogP contribution in [0.15, 0.2) is 23.0 Å². The summed E-state index contributed by atoms with van der Waals surface area (Å²) in [6, 6.07) is 3.15. The van der Waals surface area contributed by atoms with Gasteiger partial charge in [-0.15, -0.1) is 0 Å². The van der Waals surface area contributed by atoms with Gasteiger partial charge in [-0.05, 0) is 49.1 Å². The van der Waals surface area contributed by atoms with Crippen LogP contribution in [0, 0.1) is 6.92 Å². The first-order valence-electron chi connectivity index (χ1n) is 7.08. The molecular weight excluding hydrogens is 254 g/mol. The normalized spacial score (nSPS) is 17.8. The Bertz CT molecular complexity index is 524. The summed E-state index contributed by atoms with van der Waals surface area (Å²) in [5, 5.41) is 7.99. The third kappa shape index (κ3) is 2.68. The van der Waals surface area contributed by atoms with Crippen molar-refractivity contribution < 1.29 is 0 Å². The summed E-state index contributed by atoms with van der Waals surface area (Å²) >= 11 is 1.75. The SMILES string of the molecule is Cc1cn(C(C)c2ccsc2)c(NC2CCCC2)n1. The van der Waals surface area contributed by atoms with Crippen molar-refractivity contribution in [3.05, 3.63) is 34.3 Å². The molecule has 102 valence electrons. The van der Waals surface area contributed by atoms with E-state index in [9.17, 15) is 0 Å². The van der Waals surface area contributed by atoms with Crippen LogP contribution in [0.4, 0.5) is 5.95 Å². The summed E-state index contributed by atoms with van der Waals surface area (Å²) in [6.07, 6.45) is 7.39. The van der Waals surface area contributed by atoms with Gasteiger partial charge in [0.1, 0.15) is 0 Å². The van der Waals surface area contributed by atoms with E-state index >= 15 is 0 Å². The second kappa shape index (κ2) is 5.37. The van der Waals surface area contributed by atoms with Gasteiger partial charge >= 0.3 is 0 Å². The van der Waals surface area contributed by atoms with Crippen LogP contribution in [0.25, 0.3) is 0 Å². The predicted molar refractivity (Wildman–Crippen MR) is 81.0 cm³/mol. The van der Waals surface area contributed by atoms with Crippen LogP contribution in [0.1, 0.15) is 49.9 Å². The van der Waals surface area contributed by atoms with E-state index in [-0.39, 0.29) is 0 Å². The lowest BCUT2D eigenvalue weighted by molar-refractivity contribution is 0.631. The predicted octanol–water partition coefficient (Wildman–Crippen LogP) is 4.22. The van der Waals surface area contributed by atoms with Gasteiger partial charge in [0.25, 0.3) is 0 Å². The number of imidazole rings is 1. The molecule has 3 rings (SSSR count). The van der Waals surface area contributed by atoms with Gasteiger partial charge in [-0.2, -0.15) is 11.3 Å². The zero-order valence-corrected chi connectivity index (χ0v) is 12.4. The van der Waals surface area contributed by atoms with E-state index in [4.69, 9.17) is 0 Å². The lowest BCUT2D eigenvalue weighted by Crippen LogP contribution is -2.19. The second-order valence-electron chi connectivity index (χ2n) is 5.47. The molecule has 2 heterocycles. The van der Waals surface area contributed by atoms with Crippen molar-refractivity contribution in [1.82, 2.24) is 9.55 Å². The van der Waals surface area contributed by atoms with Gasteiger partial charge in [0.15, 0.2) is 0 Å². The molecule has 0 aromatic carbocycles. The highest BCUT2D eigenvalue weighted by atomic mass is 32.1. The molecular formula is C15H21N3S. The number of anilines is 1. The number of aryl methyl sites for hydroxylation is 1. The molecule has 19 heavy (non-hydrogen) atoms. The molecule has 0 radical (unpaired) electrons. The number of thiophene rings is 1. The van der Waals surface area contributed by atoms with Crippen LogP contribution in [0.3, 0.4) is 0 Å². The minimum Gasteiger partial charge on any atom is -0.353 e. The van der Waals surface area contributed by atoms with Gasteiger partial charge in [-0.3, -0.25) is 0 Å². The number of nitrogens with zero attached hydrogens (tertiary/aromatic N) is 2. The molecule has 0 saturated heterocycles. The van der Waals surface area contributed by atoms with Crippen LogP contribution in [0.5, 0.6) is 0 Å². The highest BCUT2D eigenvalue weighted by Crippen LogP contribution is 2.27. The van der Waals surface area contributed by atoms with E-state index in [0.717, 1.165) is 11.6 Å². The zero-order chi connectivity index (χ0) is 13.2. The lowest BCUT2D eigenvalue weighted by Gasteiger charge is -2.19. The van der Waals surface area contributed by atoms with Crippen molar-refractivity contribution in [2.45, 2.75) is 51.6 Å². The lowest BCUT2D eigenvalue weighted by atomic mass is 10.2. The minimum absolute atomic E-state index is 0.344. The van der Waals surface area contributed by atoms with Crippen molar-refractivity contribution in [3.8, 4) is 0 Å². The Hall–Kier alpha value is -1.29. The molecule has 2 aromatic rings. The molecule has 1 N–H and O–H groups in total. The molecule has 1 atom stereocenters. The van der Waals surface area contributed by atoms with Crippen LogP contribution < -0.4 is 5.32 Å². The molecule has 1 fully saturated rings. The molecule has 0 amide bonds. The summed E-state index contributed by atoms with van der Waals surface area (Å²) in [5.41, 5.74) is 2.44. The fourth-order valence-electron chi connectivity index (χ4n) is 2.84. The smallest absolute Gasteiger partial charge is 0.203 e. The number of aromatic nitrogens is 2. The van der Waals surface area contributed by atoms with Crippen molar-refractivity contribution in [3.63, 3.8) is 0 Å². The maximum absolute atomic E-state index is 4.66. The van der Waals surface area contributed by atoms with E-state index < -0.39 is 0 Å². The van der Waals surface area contributed by atoms with Gasteiger partial charge in [0, 0.05) is 12.2 Å². The second-order valence-corrected chi connectivity index (χ2v) is 6.25.